The van der Waals surface area contributed by atoms with Crippen molar-refractivity contribution in [3.05, 3.63) is 66.0 Å². The number of nitrogens with zero attached hydrogens (tertiary/aromatic N) is 2. The summed E-state index contributed by atoms with van der Waals surface area (Å²) < 4.78 is 2.53. The maximum Gasteiger partial charge on any atom is 0.140 e. The molecule has 0 radical (unpaired) electrons. The Bertz CT molecular complexity index is 1230. The fourth-order valence-electron chi connectivity index (χ4n) is 5.84. The molecule has 2 saturated carbocycles. The maximum absolute atomic E-state index is 8.35. The monoisotopic (exact) mass is 437 g/mol. The molecule has 2 aliphatic carbocycles. The fourth-order valence-corrected chi connectivity index (χ4v) is 5.84. The molecule has 1 aromatic carbocycles. The minimum Gasteiger partial charge on any atom is -0.328 e. The minimum atomic E-state index is 0.553. The summed E-state index contributed by atoms with van der Waals surface area (Å²) >= 11 is 0. The van der Waals surface area contributed by atoms with Gasteiger partial charge in [-0.3, -0.25) is 0 Å². The molecule has 3 nitrogen and oxygen atoms in total. The lowest BCUT2D eigenvalue weighted by Gasteiger charge is -2.43. The quantitative estimate of drug-likeness (QED) is 0.371. The molecule has 0 aliphatic heterocycles. The standard InChI is InChI=1S/C30H35N3/c1-5-21-9-6-14-24(15-21)27-18-33(29(22-10-7-11-22)23-12-8-13-23)30-26(27)16-25(17-32-30)28(19(2)3)20(4)31/h5-6,9,14-18,22-23,29,31H,1,7-8,10-13H2,2-4H3. The van der Waals surface area contributed by atoms with Crippen LogP contribution < -0.4 is 0 Å². The van der Waals surface area contributed by atoms with Gasteiger partial charge in [0.25, 0.3) is 0 Å². The Morgan fingerprint density at radius 3 is 2.33 bits per heavy atom. The molecule has 3 aromatic rings. The van der Waals surface area contributed by atoms with Crippen molar-refractivity contribution in [1.82, 2.24) is 9.55 Å². The highest BCUT2D eigenvalue weighted by Gasteiger charge is 2.38. The van der Waals surface area contributed by atoms with Gasteiger partial charge in [-0.05, 0) is 81.5 Å². The van der Waals surface area contributed by atoms with Crippen LogP contribution in [0.3, 0.4) is 0 Å². The molecule has 2 heterocycles. The van der Waals surface area contributed by atoms with Crippen LogP contribution in [0.4, 0.5) is 0 Å². The van der Waals surface area contributed by atoms with Crippen LogP contribution in [0.15, 0.2) is 54.9 Å². The highest BCUT2D eigenvalue weighted by Crippen LogP contribution is 2.49. The SMILES string of the molecule is C=Cc1cccc(-c2cn(C(C3CCC3)C3CCC3)c3ncc(C(C(C)=N)=C(C)C)cc23)c1. The van der Waals surface area contributed by atoms with Crippen LogP contribution in [0.5, 0.6) is 0 Å². The summed E-state index contributed by atoms with van der Waals surface area (Å²) in [4.78, 5) is 5.07. The van der Waals surface area contributed by atoms with Crippen molar-refractivity contribution in [2.45, 2.75) is 65.3 Å². The van der Waals surface area contributed by atoms with Crippen LogP contribution in [-0.4, -0.2) is 15.3 Å². The van der Waals surface area contributed by atoms with Crippen LogP contribution >= 0.6 is 0 Å². The van der Waals surface area contributed by atoms with Gasteiger partial charge in [-0.25, -0.2) is 4.98 Å². The Labute approximate surface area is 197 Å². The van der Waals surface area contributed by atoms with Crippen LogP contribution in [0.2, 0.25) is 0 Å². The van der Waals surface area contributed by atoms with E-state index in [1.165, 1.54) is 55.0 Å². The number of hydrogen-bond acceptors (Lipinski definition) is 2. The first kappa shape index (κ1) is 21.9. The summed E-state index contributed by atoms with van der Waals surface area (Å²) in [5.41, 5.74) is 8.45. The third-order valence-corrected chi connectivity index (χ3v) is 7.85. The zero-order chi connectivity index (χ0) is 23.1. The van der Waals surface area contributed by atoms with E-state index in [1.807, 2.05) is 19.2 Å². The Kier molecular flexibility index (Phi) is 5.82. The predicted octanol–water partition coefficient (Wildman–Crippen LogP) is 8.32. The Hall–Kier alpha value is -2.94. The molecule has 2 fully saturated rings. The number of pyridine rings is 1. The van der Waals surface area contributed by atoms with Crippen LogP contribution in [0, 0.1) is 17.2 Å². The molecular weight excluding hydrogens is 402 g/mol. The average Bonchev–Trinajstić information content (AvgIpc) is 3.09. The van der Waals surface area contributed by atoms with Crippen LogP contribution in [0.25, 0.3) is 33.8 Å². The summed E-state index contributed by atoms with van der Waals surface area (Å²) in [6, 6.07) is 11.5. The first-order valence-electron chi connectivity index (χ1n) is 12.4. The maximum atomic E-state index is 8.35. The number of allylic oxidation sites excluding steroid dienone is 2. The number of nitrogens with one attached hydrogen (secondary N) is 1. The number of fused-ring (bicyclic) bond motifs is 1. The zero-order valence-corrected chi connectivity index (χ0v) is 20.2. The molecule has 0 bridgehead atoms. The number of aromatic nitrogens is 2. The lowest BCUT2D eigenvalue weighted by atomic mass is 9.68. The first-order chi connectivity index (χ1) is 16.0. The smallest absolute Gasteiger partial charge is 0.140 e. The van der Waals surface area contributed by atoms with E-state index in [1.54, 1.807) is 0 Å². The molecule has 0 spiro atoms. The van der Waals surface area contributed by atoms with Gasteiger partial charge in [0, 0.05) is 46.2 Å². The Morgan fingerprint density at radius 2 is 1.79 bits per heavy atom. The zero-order valence-electron chi connectivity index (χ0n) is 20.2. The first-order valence-corrected chi connectivity index (χ1v) is 12.4. The van der Waals surface area contributed by atoms with Crippen molar-refractivity contribution in [1.29, 1.82) is 5.41 Å². The molecule has 5 rings (SSSR count). The Balaban J connectivity index is 1.74. The third kappa shape index (κ3) is 3.88. The minimum absolute atomic E-state index is 0.553. The van der Waals surface area contributed by atoms with E-state index >= 15 is 0 Å². The molecular formula is C30H35N3. The molecule has 3 heteroatoms. The largest absolute Gasteiger partial charge is 0.328 e. The lowest BCUT2D eigenvalue weighted by molar-refractivity contribution is 0.103. The van der Waals surface area contributed by atoms with Gasteiger partial charge in [0.05, 0.1) is 0 Å². The van der Waals surface area contributed by atoms with E-state index in [4.69, 9.17) is 10.4 Å². The van der Waals surface area contributed by atoms with Crippen molar-refractivity contribution in [2.24, 2.45) is 11.8 Å². The topological polar surface area (TPSA) is 41.7 Å². The molecule has 0 saturated heterocycles. The average molecular weight is 438 g/mol. The van der Waals surface area contributed by atoms with E-state index < -0.39 is 0 Å². The summed E-state index contributed by atoms with van der Waals surface area (Å²) in [7, 11) is 0. The van der Waals surface area contributed by atoms with Gasteiger partial charge in [0.1, 0.15) is 5.65 Å². The van der Waals surface area contributed by atoms with E-state index in [-0.39, 0.29) is 0 Å². The molecule has 0 atom stereocenters. The van der Waals surface area contributed by atoms with Gasteiger partial charge in [0.15, 0.2) is 0 Å². The third-order valence-electron chi connectivity index (χ3n) is 7.85. The van der Waals surface area contributed by atoms with Crippen molar-refractivity contribution in [2.75, 3.05) is 0 Å². The second-order valence-corrected chi connectivity index (χ2v) is 10.2. The predicted molar refractivity (Wildman–Crippen MR) is 141 cm³/mol. The highest BCUT2D eigenvalue weighted by molar-refractivity contribution is 6.22. The summed E-state index contributed by atoms with van der Waals surface area (Å²) in [5.74, 6) is 1.55. The molecule has 2 aromatic heterocycles. The lowest BCUT2D eigenvalue weighted by Crippen LogP contribution is -2.34. The molecule has 33 heavy (non-hydrogen) atoms. The highest BCUT2D eigenvalue weighted by atomic mass is 15.1. The van der Waals surface area contributed by atoms with Gasteiger partial charge >= 0.3 is 0 Å². The second kappa shape index (κ2) is 8.78. The van der Waals surface area contributed by atoms with Crippen molar-refractivity contribution < 1.29 is 0 Å². The van der Waals surface area contributed by atoms with Gasteiger partial charge < -0.3 is 9.98 Å². The number of hydrogen-bond donors (Lipinski definition) is 1. The van der Waals surface area contributed by atoms with E-state index in [2.05, 4.69) is 61.5 Å². The molecule has 170 valence electrons. The molecule has 1 N–H and O–H groups in total. The van der Waals surface area contributed by atoms with Crippen molar-refractivity contribution >= 4 is 28.4 Å². The summed E-state index contributed by atoms with van der Waals surface area (Å²) in [5, 5.41) is 9.54. The van der Waals surface area contributed by atoms with E-state index in [9.17, 15) is 0 Å². The molecule has 0 unspecified atom stereocenters. The van der Waals surface area contributed by atoms with Crippen molar-refractivity contribution in [3.63, 3.8) is 0 Å². The number of benzene rings is 1. The van der Waals surface area contributed by atoms with E-state index in [0.717, 1.165) is 39.8 Å². The van der Waals surface area contributed by atoms with Crippen LogP contribution in [-0.2, 0) is 0 Å². The van der Waals surface area contributed by atoms with Gasteiger partial charge in [-0.15, -0.1) is 0 Å². The number of rotatable bonds is 7. The van der Waals surface area contributed by atoms with Gasteiger partial charge in [0.2, 0.25) is 0 Å². The molecule has 2 aliphatic rings. The second-order valence-electron chi connectivity index (χ2n) is 10.2. The summed E-state index contributed by atoms with van der Waals surface area (Å²) in [6.07, 6.45) is 14.4. The van der Waals surface area contributed by atoms with Crippen LogP contribution in [0.1, 0.15) is 76.5 Å². The van der Waals surface area contributed by atoms with Crippen molar-refractivity contribution in [3.8, 4) is 11.1 Å². The fraction of sp³-hybridized carbons (Fsp3) is 0.400. The molecule has 0 amide bonds. The summed E-state index contributed by atoms with van der Waals surface area (Å²) in [6.45, 7) is 10.0. The van der Waals surface area contributed by atoms with E-state index in [0.29, 0.717) is 11.8 Å². The Morgan fingerprint density at radius 1 is 1.09 bits per heavy atom. The van der Waals surface area contributed by atoms with Gasteiger partial charge in [-0.2, -0.15) is 0 Å². The van der Waals surface area contributed by atoms with Gasteiger partial charge in [-0.1, -0.05) is 49.3 Å². The normalized spacial score (nSPS) is 16.5.